The van der Waals surface area contributed by atoms with Crippen LogP contribution in [-0.2, 0) is 0 Å². The molecule has 2 nitrogen and oxygen atoms in total. The molecule has 3 rings (SSSR count). The molecule has 1 atom stereocenters. The molecule has 3 aromatic rings. The van der Waals surface area contributed by atoms with E-state index in [-0.39, 0.29) is 11.7 Å². The number of hydrogen-bond acceptors (Lipinski definition) is 2. The first-order valence-electron chi connectivity index (χ1n) is 6.52. The smallest absolute Gasteiger partial charge is 0.136 e. The van der Waals surface area contributed by atoms with Gasteiger partial charge >= 0.3 is 0 Å². The van der Waals surface area contributed by atoms with Crippen molar-refractivity contribution in [1.82, 2.24) is 9.97 Å². The number of nitrogens with zero attached hydrogens (tertiary/aromatic N) is 2. The summed E-state index contributed by atoms with van der Waals surface area (Å²) in [5.41, 5.74) is 2.19. The van der Waals surface area contributed by atoms with Crippen LogP contribution in [0.1, 0.15) is 22.6 Å². The minimum Gasteiger partial charge on any atom is -0.244 e. The van der Waals surface area contributed by atoms with Crippen molar-refractivity contribution in [1.29, 1.82) is 0 Å². The van der Waals surface area contributed by atoms with E-state index in [1.165, 1.54) is 12.4 Å². The summed E-state index contributed by atoms with van der Waals surface area (Å²) in [5.74, 6) is -0.604. The monoisotopic (exact) mass is 298 g/mol. The van der Waals surface area contributed by atoms with Crippen LogP contribution in [0.2, 0.25) is 5.15 Å². The molecule has 0 bridgehead atoms. The first-order chi connectivity index (χ1) is 10.3. The van der Waals surface area contributed by atoms with Crippen LogP contribution in [0.15, 0.2) is 67.1 Å². The molecule has 0 aliphatic heterocycles. The Balaban J connectivity index is 2.22. The number of halogens is 2. The van der Waals surface area contributed by atoms with E-state index in [4.69, 9.17) is 11.6 Å². The summed E-state index contributed by atoms with van der Waals surface area (Å²) in [7, 11) is 0. The van der Waals surface area contributed by atoms with Crippen molar-refractivity contribution < 1.29 is 4.39 Å². The lowest BCUT2D eigenvalue weighted by Crippen LogP contribution is -2.07. The predicted molar refractivity (Wildman–Crippen MR) is 80.8 cm³/mol. The van der Waals surface area contributed by atoms with Gasteiger partial charge in [0.25, 0.3) is 0 Å². The Morgan fingerprint density at radius 1 is 0.905 bits per heavy atom. The standard InChI is InChI=1S/C17H12ClFN2/c18-17-14(10-20-11-21-17)16(12-6-2-1-3-7-12)13-8-4-5-9-15(13)19/h1-11,16H. The highest BCUT2D eigenvalue weighted by molar-refractivity contribution is 6.30. The number of aromatic nitrogens is 2. The second-order valence-corrected chi connectivity index (χ2v) is 4.99. The summed E-state index contributed by atoms with van der Waals surface area (Å²) in [5, 5.41) is 0.335. The minimum atomic E-state index is -0.332. The molecule has 0 fully saturated rings. The van der Waals surface area contributed by atoms with E-state index in [1.807, 2.05) is 36.4 Å². The molecule has 104 valence electrons. The van der Waals surface area contributed by atoms with E-state index in [0.29, 0.717) is 16.3 Å². The van der Waals surface area contributed by atoms with Crippen molar-refractivity contribution in [3.05, 3.63) is 94.8 Å². The van der Waals surface area contributed by atoms with Gasteiger partial charge in [0.2, 0.25) is 0 Å². The Kier molecular flexibility index (Phi) is 3.93. The van der Waals surface area contributed by atoms with Gasteiger partial charge in [-0.1, -0.05) is 60.1 Å². The average Bonchev–Trinajstić information content (AvgIpc) is 2.52. The highest BCUT2D eigenvalue weighted by Crippen LogP contribution is 2.35. The molecule has 0 aliphatic rings. The molecule has 0 N–H and O–H groups in total. The van der Waals surface area contributed by atoms with Gasteiger partial charge in [0.15, 0.2) is 0 Å². The number of rotatable bonds is 3. The largest absolute Gasteiger partial charge is 0.244 e. The van der Waals surface area contributed by atoms with Crippen LogP contribution in [0.25, 0.3) is 0 Å². The minimum absolute atomic E-state index is 0.272. The van der Waals surface area contributed by atoms with Gasteiger partial charge in [-0.3, -0.25) is 0 Å². The fraction of sp³-hybridized carbons (Fsp3) is 0.0588. The zero-order chi connectivity index (χ0) is 14.7. The fourth-order valence-corrected chi connectivity index (χ4v) is 2.60. The SMILES string of the molecule is Fc1ccccc1C(c1ccccc1)c1cncnc1Cl. The summed E-state index contributed by atoms with van der Waals surface area (Å²) in [6.07, 6.45) is 3.02. The molecule has 2 aromatic carbocycles. The lowest BCUT2D eigenvalue weighted by molar-refractivity contribution is 0.606. The van der Waals surface area contributed by atoms with Crippen LogP contribution in [0.5, 0.6) is 0 Å². The Hall–Kier alpha value is -2.26. The van der Waals surface area contributed by atoms with E-state index in [1.54, 1.807) is 18.3 Å². The maximum atomic E-state index is 14.3. The average molecular weight is 299 g/mol. The normalized spacial score (nSPS) is 12.1. The highest BCUT2D eigenvalue weighted by atomic mass is 35.5. The van der Waals surface area contributed by atoms with Gasteiger partial charge < -0.3 is 0 Å². The van der Waals surface area contributed by atoms with Crippen LogP contribution in [-0.4, -0.2) is 9.97 Å². The van der Waals surface area contributed by atoms with Crippen molar-refractivity contribution in [3.8, 4) is 0 Å². The summed E-state index contributed by atoms with van der Waals surface area (Å²) < 4.78 is 14.3. The molecule has 0 saturated heterocycles. The van der Waals surface area contributed by atoms with Gasteiger partial charge in [-0.05, 0) is 17.2 Å². The topological polar surface area (TPSA) is 25.8 Å². The molecule has 0 aliphatic carbocycles. The predicted octanol–water partition coefficient (Wildman–Crippen LogP) is 4.45. The lowest BCUT2D eigenvalue weighted by Gasteiger charge is -2.19. The summed E-state index contributed by atoms with van der Waals surface area (Å²) in [6.45, 7) is 0. The van der Waals surface area contributed by atoms with Crippen molar-refractivity contribution in [2.45, 2.75) is 5.92 Å². The molecule has 0 radical (unpaired) electrons. The van der Waals surface area contributed by atoms with Crippen molar-refractivity contribution in [2.75, 3.05) is 0 Å². The molecule has 1 heterocycles. The first kappa shape index (κ1) is 13.7. The van der Waals surface area contributed by atoms with Crippen LogP contribution in [0.4, 0.5) is 4.39 Å². The number of benzene rings is 2. The first-order valence-corrected chi connectivity index (χ1v) is 6.90. The van der Waals surface area contributed by atoms with E-state index >= 15 is 0 Å². The zero-order valence-electron chi connectivity index (χ0n) is 11.1. The molecule has 21 heavy (non-hydrogen) atoms. The van der Waals surface area contributed by atoms with E-state index < -0.39 is 0 Å². The van der Waals surface area contributed by atoms with Gasteiger partial charge in [-0.25, -0.2) is 14.4 Å². The van der Waals surface area contributed by atoms with Gasteiger partial charge in [0.05, 0.1) is 0 Å². The quantitative estimate of drug-likeness (QED) is 0.668. The fourth-order valence-electron chi connectivity index (χ4n) is 2.40. The zero-order valence-corrected chi connectivity index (χ0v) is 11.8. The third kappa shape index (κ3) is 2.78. The maximum absolute atomic E-state index is 14.3. The molecule has 4 heteroatoms. The molecular formula is C17H12ClFN2. The van der Waals surface area contributed by atoms with Crippen LogP contribution in [0, 0.1) is 5.82 Å². The van der Waals surface area contributed by atoms with E-state index in [2.05, 4.69) is 9.97 Å². The van der Waals surface area contributed by atoms with Crippen LogP contribution < -0.4 is 0 Å². The maximum Gasteiger partial charge on any atom is 0.136 e. The highest BCUT2D eigenvalue weighted by Gasteiger charge is 2.22. The van der Waals surface area contributed by atoms with Crippen molar-refractivity contribution >= 4 is 11.6 Å². The van der Waals surface area contributed by atoms with Crippen molar-refractivity contribution in [2.24, 2.45) is 0 Å². The number of hydrogen-bond donors (Lipinski definition) is 0. The van der Waals surface area contributed by atoms with Gasteiger partial charge in [0, 0.05) is 17.7 Å². The van der Waals surface area contributed by atoms with Gasteiger partial charge in [-0.15, -0.1) is 0 Å². The summed E-state index contributed by atoms with van der Waals surface area (Å²) in [6, 6.07) is 16.3. The third-order valence-electron chi connectivity index (χ3n) is 3.35. The molecule has 1 unspecified atom stereocenters. The Morgan fingerprint density at radius 3 is 2.33 bits per heavy atom. The molecule has 0 amide bonds. The van der Waals surface area contributed by atoms with E-state index in [0.717, 1.165) is 5.56 Å². The van der Waals surface area contributed by atoms with Crippen LogP contribution in [0.3, 0.4) is 0 Å². The third-order valence-corrected chi connectivity index (χ3v) is 3.67. The summed E-state index contributed by atoms with van der Waals surface area (Å²) in [4.78, 5) is 8.04. The molecular weight excluding hydrogens is 287 g/mol. The second-order valence-electron chi connectivity index (χ2n) is 4.63. The van der Waals surface area contributed by atoms with E-state index in [9.17, 15) is 4.39 Å². The van der Waals surface area contributed by atoms with Crippen LogP contribution >= 0.6 is 11.6 Å². The summed E-state index contributed by atoms with van der Waals surface area (Å²) >= 11 is 6.20. The Morgan fingerprint density at radius 2 is 1.62 bits per heavy atom. The van der Waals surface area contributed by atoms with Gasteiger partial charge in [-0.2, -0.15) is 0 Å². The molecule has 0 spiro atoms. The van der Waals surface area contributed by atoms with Crippen molar-refractivity contribution in [3.63, 3.8) is 0 Å². The molecule has 1 aromatic heterocycles. The molecule has 0 saturated carbocycles. The Bertz CT molecular complexity index is 701. The Labute approximate surface area is 127 Å². The van der Waals surface area contributed by atoms with Gasteiger partial charge in [0.1, 0.15) is 17.3 Å². The lowest BCUT2D eigenvalue weighted by atomic mass is 9.86. The second kappa shape index (κ2) is 6.02.